The van der Waals surface area contributed by atoms with Crippen molar-refractivity contribution in [2.75, 3.05) is 7.11 Å². The Hall–Kier alpha value is -1.55. The van der Waals surface area contributed by atoms with Gasteiger partial charge in [-0.3, -0.25) is 10.1 Å². The highest BCUT2D eigenvalue weighted by atomic mass is 16.6. The molecule has 2 rings (SSSR count). The number of hydrogen-bond acceptors (Lipinski definition) is 4. The van der Waals surface area contributed by atoms with E-state index >= 15 is 0 Å². The molecular weight excluding hydrogens is 254 g/mol. The normalized spacial score (nSPS) is 22.6. The maximum atomic E-state index is 12.0. The first-order chi connectivity index (χ1) is 9.39. The summed E-state index contributed by atoms with van der Waals surface area (Å²) >= 11 is 0. The summed E-state index contributed by atoms with van der Waals surface area (Å²) in [6, 6.07) is 7.96. The molecule has 0 amide bonds. The molecule has 0 bridgehead atoms. The van der Waals surface area contributed by atoms with Crippen LogP contribution < -0.4 is 10.1 Å². The Morgan fingerprint density at radius 2 is 1.85 bits per heavy atom. The second-order valence-corrected chi connectivity index (χ2v) is 6.16. The second-order valence-electron chi connectivity index (χ2n) is 6.16. The largest absolute Gasteiger partial charge is 0.497 e. The molecule has 110 valence electrons. The summed E-state index contributed by atoms with van der Waals surface area (Å²) in [5, 5.41) is 3.35. The van der Waals surface area contributed by atoms with E-state index in [0.717, 1.165) is 18.6 Å². The Bertz CT molecular complexity index is 462. The Balaban J connectivity index is 1.96. The molecule has 2 atom stereocenters. The minimum Gasteiger partial charge on any atom is -0.497 e. The highest BCUT2D eigenvalue weighted by Gasteiger charge is 2.32. The van der Waals surface area contributed by atoms with Gasteiger partial charge in [-0.1, -0.05) is 12.1 Å². The third kappa shape index (κ3) is 3.73. The third-order valence-corrected chi connectivity index (χ3v) is 3.36. The Kier molecular flexibility index (Phi) is 4.33. The zero-order chi connectivity index (χ0) is 14.8. The molecule has 0 aliphatic carbocycles. The van der Waals surface area contributed by atoms with Crippen LogP contribution in [0.3, 0.4) is 0 Å². The van der Waals surface area contributed by atoms with E-state index in [9.17, 15) is 4.79 Å². The Morgan fingerprint density at radius 3 is 2.40 bits per heavy atom. The van der Waals surface area contributed by atoms with E-state index in [1.54, 1.807) is 7.11 Å². The van der Waals surface area contributed by atoms with Crippen molar-refractivity contribution in [2.45, 2.75) is 51.3 Å². The molecular formula is C16H23NO3. The van der Waals surface area contributed by atoms with Crippen LogP contribution in [0.25, 0.3) is 0 Å². The number of nitrogens with one attached hydrogen (secondary N) is 1. The first-order valence-corrected chi connectivity index (χ1v) is 7.02. The number of carbonyl (C=O) groups is 1. The van der Waals surface area contributed by atoms with Crippen molar-refractivity contribution in [1.82, 2.24) is 5.32 Å². The van der Waals surface area contributed by atoms with Gasteiger partial charge in [-0.2, -0.15) is 0 Å². The molecule has 0 saturated carbocycles. The number of carbonyl (C=O) groups excluding carboxylic acids is 1. The van der Waals surface area contributed by atoms with E-state index in [4.69, 9.17) is 9.47 Å². The van der Waals surface area contributed by atoms with Crippen LogP contribution in [0.15, 0.2) is 24.3 Å². The topological polar surface area (TPSA) is 47.6 Å². The van der Waals surface area contributed by atoms with Gasteiger partial charge in [0.1, 0.15) is 17.4 Å². The highest BCUT2D eigenvalue weighted by Crippen LogP contribution is 2.28. The zero-order valence-electron chi connectivity index (χ0n) is 12.6. The van der Waals surface area contributed by atoms with E-state index in [1.807, 2.05) is 45.0 Å². The van der Waals surface area contributed by atoms with Gasteiger partial charge in [0.15, 0.2) is 0 Å². The predicted octanol–water partition coefficient (Wildman–Crippen LogP) is 2.83. The molecule has 0 aromatic heterocycles. The fourth-order valence-electron chi connectivity index (χ4n) is 2.40. The van der Waals surface area contributed by atoms with Crippen LogP contribution in [0.4, 0.5) is 0 Å². The summed E-state index contributed by atoms with van der Waals surface area (Å²) in [6.45, 7) is 5.67. The number of esters is 1. The van der Waals surface area contributed by atoms with Crippen molar-refractivity contribution >= 4 is 5.97 Å². The zero-order valence-corrected chi connectivity index (χ0v) is 12.6. The first kappa shape index (κ1) is 14.9. The summed E-state index contributed by atoms with van der Waals surface area (Å²) < 4.78 is 10.6. The number of benzene rings is 1. The van der Waals surface area contributed by atoms with Crippen molar-refractivity contribution in [3.8, 4) is 5.75 Å². The van der Waals surface area contributed by atoms with Gasteiger partial charge in [0, 0.05) is 6.04 Å². The molecule has 1 heterocycles. The molecule has 1 saturated heterocycles. The first-order valence-electron chi connectivity index (χ1n) is 7.02. The number of methoxy groups -OCH3 is 1. The van der Waals surface area contributed by atoms with Crippen LogP contribution in [0.5, 0.6) is 5.75 Å². The van der Waals surface area contributed by atoms with Gasteiger partial charge in [-0.25, -0.2) is 0 Å². The van der Waals surface area contributed by atoms with Gasteiger partial charge >= 0.3 is 5.97 Å². The fourth-order valence-corrected chi connectivity index (χ4v) is 2.40. The molecule has 1 fully saturated rings. The van der Waals surface area contributed by atoms with Gasteiger partial charge in [-0.05, 0) is 51.3 Å². The average molecular weight is 277 g/mol. The minimum atomic E-state index is -0.434. The van der Waals surface area contributed by atoms with E-state index in [0.29, 0.717) is 0 Å². The van der Waals surface area contributed by atoms with Crippen molar-refractivity contribution in [2.24, 2.45) is 0 Å². The van der Waals surface area contributed by atoms with Crippen molar-refractivity contribution in [3.05, 3.63) is 29.8 Å². The van der Waals surface area contributed by atoms with Crippen LogP contribution in [0.2, 0.25) is 0 Å². The molecule has 1 aliphatic rings. The molecule has 4 heteroatoms. The summed E-state index contributed by atoms with van der Waals surface area (Å²) in [5.74, 6) is 0.684. The van der Waals surface area contributed by atoms with Crippen molar-refractivity contribution in [3.63, 3.8) is 0 Å². The lowest BCUT2D eigenvalue weighted by atomic mass is 10.1. The molecule has 1 aromatic rings. The van der Waals surface area contributed by atoms with Crippen LogP contribution >= 0.6 is 0 Å². The maximum Gasteiger partial charge on any atom is 0.323 e. The highest BCUT2D eigenvalue weighted by molar-refractivity contribution is 5.76. The monoisotopic (exact) mass is 277 g/mol. The molecule has 0 radical (unpaired) electrons. The van der Waals surface area contributed by atoms with Gasteiger partial charge < -0.3 is 9.47 Å². The van der Waals surface area contributed by atoms with Gasteiger partial charge in [-0.15, -0.1) is 0 Å². The minimum absolute atomic E-state index is 0.159. The van der Waals surface area contributed by atoms with Crippen LogP contribution in [-0.2, 0) is 9.53 Å². The van der Waals surface area contributed by atoms with Crippen LogP contribution in [0, 0.1) is 0 Å². The standard InChI is InChI=1S/C16H23NO3/c1-16(2,3)20-15(18)14-10-9-13(17-14)11-5-7-12(19-4)8-6-11/h5-8,13-14,17H,9-10H2,1-4H3/t13-,14-/m1/s1. The molecule has 1 aromatic carbocycles. The molecule has 4 nitrogen and oxygen atoms in total. The second kappa shape index (κ2) is 5.83. The lowest BCUT2D eigenvalue weighted by molar-refractivity contribution is -0.157. The quantitative estimate of drug-likeness (QED) is 0.863. The van der Waals surface area contributed by atoms with Gasteiger partial charge in [0.25, 0.3) is 0 Å². The van der Waals surface area contributed by atoms with Crippen molar-refractivity contribution in [1.29, 1.82) is 0 Å². The number of ether oxygens (including phenoxy) is 2. The third-order valence-electron chi connectivity index (χ3n) is 3.36. The van der Waals surface area contributed by atoms with E-state index < -0.39 is 5.60 Å². The lowest BCUT2D eigenvalue weighted by Gasteiger charge is -2.22. The summed E-state index contributed by atoms with van der Waals surface area (Å²) in [6.07, 6.45) is 1.75. The summed E-state index contributed by atoms with van der Waals surface area (Å²) in [5.41, 5.74) is 0.744. The molecule has 20 heavy (non-hydrogen) atoms. The van der Waals surface area contributed by atoms with Gasteiger partial charge in [0.2, 0.25) is 0 Å². The van der Waals surface area contributed by atoms with E-state index in [-0.39, 0.29) is 18.1 Å². The number of hydrogen-bond donors (Lipinski definition) is 1. The number of rotatable bonds is 3. The fraction of sp³-hybridized carbons (Fsp3) is 0.562. The summed E-state index contributed by atoms with van der Waals surface area (Å²) in [7, 11) is 1.65. The molecule has 0 spiro atoms. The van der Waals surface area contributed by atoms with Gasteiger partial charge in [0.05, 0.1) is 7.11 Å². The molecule has 1 N–H and O–H groups in total. The lowest BCUT2D eigenvalue weighted by Crippen LogP contribution is -2.38. The van der Waals surface area contributed by atoms with Crippen LogP contribution in [-0.4, -0.2) is 24.7 Å². The predicted molar refractivity (Wildman–Crippen MR) is 77.7 cm³/mol. The SMILES string of the molecule is COc1ccc([C@H]2CC[C@H](C(=O)OC(C)(C)C)N2)cc1. The van der Waals surface area contributed by atoms with Crippen LogP contribution in [0.1, 0.15) is 45.2 Å². The van der Waals surface area contributed by atoms with Crippen molar-refractivity contribution < 1.29 is 14.3 Å². The molecule has 1 aliphatic heterocycles. The smallest absolute Gasteiger partial charge is 0.323 e. The Labute approximate surface area is 120 Å². The Morgan fingerprint density at radius 1 is 1.20 bits per heavy atom. The maximum absolute atomic E-state index is 12.0. The summed E-state index contributed by atoms with van der Waals surface area (Å²) in [4.78, 5) is 12.0. The molecule has 0 unspecified atom stereocenters. The van der Waals surface area contributed by atoms with E-state index in [1.165, 1.54) is 5.56 Å². The van der Waals surface area contributed by atoms with E-state index in [2.05, 4.69) is 5.32 Å². The average Bonchev–Trinajstić information content (AvgIpc) is 2.86.